The van der Waals surface area contributed by atoms with Crippen molar-refractivity contribution in [3.8, 4) is 16.9 Å². The molecule has 0 atom stereocenters. The molecule has 0 amide bonds. The predicted octanol–water partition coefficient (Wildman–Crippen LogP) is 4.39. The highest BCUT2D eigenvalue weighted by Gasteiger charge is 2.19. The standard InChI is InChI=1S/C19H23NO/c1-2-12-21-19-9-4-3-8-18(19)16-7-5-6-15(13-16)14-20-17-10-11-17/h3-9,13,17,20H,2,10-12,14H2,1H3. The normalized spacial score (nSPS) is 14.1. The summed E-state index contributed by atoms with van der Waals surface area (Å²) in [4.78, 5) is 0. The maximum atomic E-state index is 5.87. The van der Waals surface area contributed by atoms with Crippen LogP contribution in [0.1, 0.15) is 31.7 Å². The predicted molar refractivity (Wildman–Crippen MR) is 87.5 cm³/mol. The Morgan fingerprint density at radius 2 is 1.95 bits per heavy atom. The van der Waals surface area contributed by atoms with E-state index in [-0.39, 0.29) is 0 Å². The Labute approximate surface area is 127 Å². The van der Waals surface area contributed by atoms with Crippen LogP contribution in [0.15, 0.2) is 48.5 Å². The van der Waals surface area contributed by atoms with Crippen LogP contribution >= 0.6 is 0 Å². The summed E-state index contributed by atoms with van der Waals surface area (Å²) in [6.45, 7) is 3.85. The maximum Gasteiger partial charge on any atom is 0.127 e. The van der Waals surface area contributed by atoms with E-state index in [4.69, 9.17) is 4.74 Å². The lowest BCUT2D eigenvalue weighted by Crippen LogP contribution is -2.15. The molecule has 0 saturated heterocycles. The van der Waals surface area contributed by atoms with Crippen LogP contribution in [-0.2, 0) is 6.54 Å². The molecule has 110 valence electrons. The Kier molecular flexibility index (Phi) is 4.56. The highest BCUT2D eigenvalue weighted by atomic mass is 16.5. The summed E-state index contributed by atoms with van der Waals surface area (Å²) in [5, 5.41) is 3.57. The van der Waals surface area contributed by atoms with Gasteiger partial charge < -0.3 is 10.1 Å². The molecule has 0 bridgehead atoms. The van der Waals surface area contributed by atoms with E-state index in [0.29, 0.717) is 0 Å². The van der Waals surface area contributed by atoms with Gasteiger partial charge in [-0.25, -0.2) is 0 Å². The van der Waals surface area contributed by atoms with E-state index in [0.717, 1.165) is 31.4 Å². The van der Waals surface area contributed by atoms with Gasteiger partial charge in [0.2, 0.25) is 0 Å². The van der Waals surface area contributed by atoms with Crippen LogP contribution in [0.5, 0.6) is 5.75 Å². The molecule has 3 rings (SSSR count). The number of nitrogens with one attached hydrogen (secondary N) is 1. The summed E-state index contributed by atoms with van der Waals surface area (Å²) in [5.74, 6) is 0.978. The van der Waals surface area contributed by atoms with Gasteiger partial charge in [0.25, 0.3) is 0 Å². The smallest absolute Gasteiger partial charge is 0.127 e. The first-order chi connectivity index (χ1) is 10.4. The van der Waals surface area contributed by atoms with E-state index in [2.05, 4.69) is 54.7 Å². The average Bonchev–Trinajstić information content (AvgIpc) is 3.36. The van der Waals surface area contributed by atoms with Crippen LogP contribution in [0.3, 0.4) is 0 Å². The van der Waals surface area contributed by atoms with Crippen molar-refractivity contribution >= 4 is 0 Å². The number of hydrogen-bond acceptors (Lipinski definition) is 2. The van der Waals surface area contributed by atoms with Crippen molar-refractivity contribution in [2.45, 2.75) is 38.8 Å². The van der Waals surface area contributed by atoms with Crippen LogP contribution in [0.4, 0.5) is 0 Å². The van der Waals surface area contributed by atoms with Crippen molar-refractivity contribution in [2.24, 2.45) is 0 Å². The van der Waals surface area contributed by atoms with Gasteiger partial charge in [0, 0.05) is 18.2 Å². The van der Waals surface area contributed by atoms with Crippen LogP contribution in [0.25, 0.3) is 11.1 Å². The number of ether oxygens (including phenoxy) is 1. The quantitative estimate of drug-likeness (QED) is 0.812. The molecular weight excluding hydrogens is 258 g/mol. The molecular formula is C19H23NO. The van der Waals surface area contributed by atoms with E-state index in [1.807, 2.05) is 6.07 Å². The number of hydrogen-bond donors (Lipinski definition) is 1. The van der Waals surface area contributed by atoms with Crippen molar-refractivity contribution in [3.05, 3.63) is 54.1 Å². The number of benzene rings is 2. The fourth-order valence-electron chi connectivity index (χ4n) is 2.44. The topological polar surface area (TPSA) is 21.3 Å². The van der Waals surface area contributed by atoms with Gasteiger partial charge in [-0.3, -0.25) is 0 Å². The number of para-hydroxylation sites is 1. The van der Waals surface area contributed by atoms with E-state index in [1.54, 1.807) is 0 Å². The molecule has 0 heterocycles. The Balaban J connectivity index is 1.80. The first kappa shape index (κ1) is 14.2. The van der Waals surface area contributed by atoms with Crippen LogP contribution in [0.2, 0.25) is 0 Å². The molecule has 2 nitrogen and oxygen atoms in total. The summed E-state index contributed by atoms with van der Waals surface area (Å²) < 4.78 is 5.87. The molecule has 0 aliphatic heterocycles. The molecule has 0 radical (unpaired) electrons. The zero-order valence-electron chi connectivity index (χ0n) is 12.6. The molecule has 1 saturated carbocycles. The average molecular weight is 281 g/mol. The Morgan fingerprint density at radius 1 is 1.10 bits per heavy atom. The van der Waals surface area contributed by atoms with Crippen molar-refractivity contribution in [2.75, 3.05) is 6.61 Å². The summed E-state index contributed by atoms with van der Waals surface area (Å²) in [7, 11) is 0. The van der Waals surface area contributed by atoms with Gasteiger partial charge >= 0.3 is 0 Å². The Morgan fingerprint density at radius 3 is 2.76 bits per heavy atom. The summed E-state index contributed by atoms with van der Waals surface area (Å²) in [5.41, 5.74) is 3.75. The second kappa shape index (κ2) is 6.77. The summed E-state index contributed by atoms with van der Waals surface area (Å²) in [6, 6.07) is 17.8. The maximum absolute atomic E-state index is 5.87. The molecule has 21 heavy (non-hydrogen) atoms. The Hall–Kier alpha value is -1.80. The molecule has 2 aromatic rings. The van der Waals surface area contributed by atoms with Gasteiger partial charge in [-0.2, -0.15) is 0 Å². The van der Waals surface area contributed by atoms with Gasteiger partial charge in [0.15, 0.2) is 0 Å². The lowest BCUT2D eigenvalue weighted by Gasteiger charge is -2.12. The van der Waals surface area contributed by atoms with Crippen LogP contribution < -0.4 is 10.1 Å². The van der Waals surface area contributed by atoms with Gasteiger partial charge in [0.05, 0.1) is 6.61 Å². The molecule has 2 heteroatoms. The van der Waals surface area contributed by atoms with Crippen LogP contribution in [-0.4, -0.2) is 12.6 Å². The fraction of sp³-hybridized carbons (Fsp3) is 0.368. The van der Waals surface area contributed by atoms with Gasteiger partial charge in [0.1, 0.15) is 5.75 Å². The molecule has 2 aromatic carbocycles. The molecule has 0 aromatic heterocycles. The minimum absolute atomic E-state index is 0.744. The molecule has 0 spiro atoms. The first-order valence-corrected chi connectivity index (χ1v) is 7.91. The lowest BCUT2D eigenvalue weighted by atomic mass is 10.0. The highest BCUT2D eigenvalue weighted by molar-refractivity contribution is 5.70. The van der Waals surface area contributed by atoms with E-state index in [1.165, 1.54) is 29.5 Å². The molecule has 1 aliphatic rings. The van der Waals surface area contributed by atoms with E-state index < -0.39 is 0 Å². The number of rotatable bonds is 7. The van der Waals surface area contributed by atoms with E-state index in [9.17, 15) is 0 Å². The Bertz CT molecular complexity index is 590. The summed E-state index contributed by atoms with van der Waals surface area (Å²) >= 11 is 0. The zero-order chi connectivity index (χ0) is 14.5. The summed E-state index contributed by atoms with van der Waals surface area (Å²) in [6.07, 6.45) is 3.68. The fourth-order valence-corrected chi connectivity index (χ4v) is 2.44. The lowest BCUT2D eigenvalue weighted by molar-refractivity contribution is 0.318. The van der Waals surface area contributed by atoms with Crippen molar-refractivity contribution in [1.29, 1.82) is 0 Å². The third kappa shape index (κ3) is 3.85. The van der Waals surface area contributed by atoms with Gasteiger partial charge in [-0.1, -0.05) is 43.3 Å². The highest BCUT2D eigenvalue weighted by Crippen LogP contribution is 2.30. The van der Waals surface area contributed by atoms with Crippen molar-refractivity contribution in [1.82, 2.24) is 5.32 Å². The van der Waals surface area contributed by atoms with E-state index >= 15 is 0 Å². The molecule has 0 unspecified atom stereocenters. The largest absolute Gasteiger partial charge is 0.493 e. The monoisotopic (exact) mass is 281 g/mol. The zero-order valence-corrected chi connectivity index (χ0v) is 12.6. The van der Waals surface area contributed by atoms with Crippen LogP contribution in [0, 0.1) is 0 Å². The third-order valence-electron chi connectivity index (χ3n) is 3.76. The second-order valence-electron chi connectivity index (χ2n) is 5.70. The minimum atomic E-state index is 0.744. The molecule has 1 aliphatic carbocycles. The third-order valence-corrected chi connectivity index (χ3v) is 3.76. The van der Waals surface area contributed by atoms with Crippen molar-refractivity contribution in [3.63, 3.8) is 0 Å². The second-order valence-corrected chi connectivity index (χ2v) is 5.70. The molecule has 1 fully saturated rings. The van der Waals surface area contributed by atoms with Gasteiger partial charge in [-0.15, -0.1) is 0 Å². The SMILES string of the molecule is CCCOc1ccccc1-c1cccc(CNC2CC2)c1. The molecule has 1 N–H and O–H groups in total. The first-order valence-electron chi connectivity index (χ1n) is 7.91. The van der Waals surface area contributed by atoms with Crippen molar-refractivity contribution < 1.29 is 4.74 Å². The minimum Gasteiger partial charge on any atom is -0.493 e. The van der Waals surface area contributed by atoms with Gasteiger partial charge in [-0.05, 0) is 42.5 Å².